The highest BCUT2D eigenvalue weighted by Gasteiger charge is 2.12. The summed E-state index contributed by atoms with van der Waals surface area (Å²) in [5, 5.41) is 0.975. The van der Waals surface area contributed by atoms with Crippen molar-refractivity contribution < 1.29 is 4.39 Å². The van der Waals surface area contributed by atoms with Crippen molar-refractivity contribution in [1.82, 2.24) is 9.97 Å². The molecule has 0 saturated heterocycles. The zero-order valence-corrected chi connectivity index (χ0v) is 13.3. The van der Waals surface area contributed by atoms with Crippen LogP contribution in [0.4, 0.5) is 4.39 Å². The van der Waals surface area contributed by atoms with Gasteiger partial charge < -0.3 is 4.98 Å². The number of hydrogen-bond donors (Lipinski definition) is 1. The van der Waals surface area contributed by atoms with E-state index in [1.807, 2.05) is 0 Å². The summed E-state index contributed by atoms with van der Waals surface area (Å²) in [6, 6.07) is 6.59. The first kappa shape index (κ1) is 15.8. The Bertz CT molecular complexity index is 684. The number of H-pyrrole nitrogens is 1. The van der Waals surface area contributed by atoms with Crippen molar-refractivity contribution in [2.24, 2.45) is 0 Å². The molecule has 112 valence electrons. The zero-order chi connectivity index (χ0) is 15.4. The average molecular weight is 306 g/mol. The van der Waals surface area contributed by atoms with E-state index >= 15 is 0 Å². The summed E-state index contributed by atoms with van der Waals surface area (Å²) in [7, 11) is 0. The van der Waals surface area contributed by atoms with E-state index < -0.39 is 0 Å². The van der Waals surface area contributed by atoms with Crippen molar-refractivity contribution in [2.75, 3.05) is 0 Å². The summed E-state index contributed by atoms with van der Waals surface area (Å²) in [5.41, 5.74) is 1.58. The standard InChI is InChI=1S/C16H19FN2OS/c1-4-10(2)21-16-18-14(11(3)15(20)19-16)9-12-7-5-6-8-13(12)17/h5-8,10H,4,9H2,1-3H3,(H,18,19,20). The number of benzene rings is 1. The van der Waals surface area contributed by atoms with E-state index in [4.69, 9.17) is 0 Å². The first-order valence-electron chi connectivity index (χ1n) is 7.01. The molecule has 1 unspecified atom stereocenters. The van der Waals surface area contributed by atoms with E-state index in [1.54, 1.807) is 25.1 Å². The molecule has 0 bridgehead atoms. The molecule has 0 aliphatic rings. The fourth-order valence-electron chi connectivity index (χ4n) is 1.88. The van der Waals surface area contributed by atoms with Crippen LogP contribution in [0.25, 0.3) is 0 Å². The minimum absolute atomic E-state index is 0.151. The second kappa shape index (κ2) is 6.89. The highest BCUT2D eigenvalue weighted by molar-refractivity contribution is 7.99. The van der Waals surface area contributed by atoms with Crippen LogP contribution in [0, 0.1) is 12.7 Å². The molecule has 5 heteroatoms. The van der Waals surface area contributed by atoms with Gasteiger partial charge in [0.25, 0.3) is 5.56 Å². The number of nitrogens with zero attached hydrogens (tertiary/aromatic N) is 1. The molecule has 0 radical (unpaired) electrons. The molecule has 2 rings (SSSR count). The lowest BCUT2D eigenvalue weighted by molar-refractivity contribution is 0.612. The van der Waals surface area contributed by atoms with Crippen LogP contribution in [0.15, 0.2) is 34.2 Å². The van der Waals surface area contributed by atoms with Gasteiger partial charge in [-0.15, -0.1) is 0 Å². The van der Waals surface area contributed by atoms with Gasteiger partial charge in [-0.2, -0.15) is 0 Å². The molecular formula is C16H19FN2OS. The third kappa shape index (κ3) is 3.94. The molecule has 1 aromatic heterocycles. The molecule has 0 aliphatic carbocycles. The maximum Gasteiger partial charge on any atom is 0.254 e. The van der Waals surface area contributed by atoms with Crippen LogP contribution < -0.4 is 5.56 Å². The molecule has 0 amide bonds. The van der Waals surface area contributed by atoms with Crippen LogP contribution in [-0.2, 0) is 6.42 Å². The Labute approximate surface area is 128 Å². The fourth-order valence-corrected chi connectivity index (χ4v) is 2.74. The number of halogens is 1. The Balaban J connectivity index is 2.34. The maximum atomic E-state index is 13.8. The smallest absolute Gasteiger partial charge is 0.254 e. The van der Waals surface area contributed by atoms with Crippen LogP contribution in [0.3, 0.4) is 0 Å². The summed E-state index contributed by atoms with van der Waals surface area (Å²) in [4.78, 5) is 19.3. The normalized spacial score (nSPS) is 12.4. The van der Waals surface area contributed by atoms with Gasteiger partial charge in [0.2, 0.25) is 0 Å². The van der Waals surface area contributed by atoms with Gasteiger partial charge in [-0.1, -0.05) is 43.8 Å². The molecule has 1 N–H and O–H groups in total. The van der Waals surface area contributed by atoms with Crippen LogP contribution in [0.1, 0.15) is 37.1 Å². The first-order chi connectivity index (χ1) is 10.0. The van der Waals surface area contributed by atoms with E-state index in [0.717, 1.165) is 6.42 Å². The van der Waals surface area contributed by atoms with E-state index in [1.165, 1.54) is 17.8 Å². The largest absolute Gasteiger partial charge is 0.301 e. The Morgan fingerprint density at radius 2 is 2.10 bits per heavy atom. The van der Waals surface area contributed by atoms with E-state index in [-0.39, 0.29) is 11.4 Å². The van der Waals surface area contributed by atoms with Crippen molar-refractivity contribution >= 4 is 11.8 Å². The Morgan fingerprint density at radius 1 is 1.38 bits per heavy atom. The lowest BCUT2D eigenvalue weighted by Crippen LogP contribution is -2.17. The van der Waals surface area contributed by atoms with Gasteiger partial charge in [0.15, 0.2) is 5.16 Å². The number of thioether (sulfide) groups is 1. The first-order valence-corrected chi connectivity index (χ1v) is 7.89. The van der Waals surface area contributed by atoms with Crippen LogP contribution in [0.2, 0.25) is 0 Å². The third-order valence-electron chi connectivity index (χ3n) is 3.43. The predicted octanol–water partition coefficient (Wildman–Crippen LogP) is 3.70. The van der Waals surface area contributed by atoms with Gasteiger partial charge in [0.1, 0.15) is 5.82 Å². The molecule has 1 heterocycles. The lowest BCUT2D eigenvalue weighted by atomic mass is 10.1. The maximum absolute atomic E-state index is 13.8. The fraction of sp³-hybridized carbons (Fsp3) is 0.375. The van der Waals surface area contributed by atoms with E-state index in [0.29, 0.717) is 33.6 Å². The minimum Gasteiger partial charge on any atom is -0.301 e. The molecular weight excluding hydrogens is 287 g/mol. The Morgan fingerprint density at radius 3 is 2.76 bits per heavy atom. The van der Waals surface area contributed by atoms with Gasteiger partial charge in [-0.3, -0.25) is 4.79 Å². The number of rotatable bonds is 5. The van der Waals surface area contributed by atoms with Crippen LogP contribution in [0.5, 0.6) is 0 Å². The molecule has 21 heavy (non-hydrogen) atoms. The molecule has 3 nitrogen and oxygen atoms in total. The van der Waals surface area contributed by atoms with Crippen molar-refractivity contribution in [3.63, 3.8) is 0 Å². The molecule has 0 saturated carbocycles. The van der Waals surface area contributed by atoms with E-state index in [9.17, 15) is 9.18 Å². The van der Waals surface area contributed by atoms with Gasteiger partial charge in [0, 0.05) is 17.2 Å². The van der Waals surface area contributed by atoms with E-state index in [2.05, 4.69) is 23.8 Å². The SMILES string of the molecule is CCC(C)Sc1nc(Cc2ccccc2F)c(C)c(=O)[nH]1. The summed E-state index contributed by atoms with van der Waals surface area (Å²) < 4.78 is 13.8. The number of nitrogens with one attached hydrogen (secondary N) is 1. The van der Waals surface area contributed by atoms with Crippen LogP contribution in [-0.4, -0.2) is 15.2 Å². The zero-order valence-electron chi connectivity index (χ0n) is 12.4. The number of hydrogen-bond acceptors (Lipinski definition) is 3. The number of aromatic amines is 1. The summed E-state index contributed by atoms with van der Waals surface area (Å²) in [5.74, 6) is -0.268. The number of aromatic nitrogens is 2. The van der Waals surface area contributed by atoms with Gasteiger partial charge in [-0.05, 0) is 25.0 Å². The quantitative estimate of drug-likeness (QED) is 0.677. The molecule has 0 aliphatic heterocycles. The minimum atomic E-state index is -0.268. The predicted molar refractivity (Wildman–Crippen MR) is 84.4 cm³/mol. The highest BCUT2D eigenvalue weighted by Crippen LogP contribution is 2.22. The average Bonchev–Trinajstić information content (AvgIpc) is 2.46. The summed E-state index contributed by atoms with van der Waals surface area (Å²) in [6.45, 7) is 5.89. The van der Waals surface area contributed by atoms with Crippen molar-refractivity contribution in [2.45, 2.75) is 44.0 Å². The summed E-state index contributed by atoms with van der Waals surface area (Å²) >= 11 is 1.53. The lowest BCUT2D eigenvalue weighted by Gasteiger charge is -2.10. The second-order valence-corrected chi connectivity index (χ2v) is 6.47. The monoisotopic (exact) mass is 306 g/mol. The topological polar surface area (TPSA) is 45.8 Å². The Hall–Kier alpha value is -1.62. The second-order valence-electron chi connectivity index (χ2n) is 5.05. The molecule has 1 aromatic carbocycles. The molecule has 2 aromatic rings. The van der Waals surface area contributed by atoms with Gasteiger partial charge in [-0.25, -0.2) is 9.37 Å². The molecule has 1 atom stereocenters. The van der Waals surface area contributed by atoms with Crippen molar-refractivity contribution in [3.8, 4) is 0 Å². The summed E-state index contributed by atoms with van der Waals surface area (Å²) in [6.07, 6.45) is 1.32. The van der Waals surface area contributed by atoms with Crippen LogP contribution >= 0.6 is 11.8 Å². The van der Waals surface area contributed by atoms with Crippen molar-refractivity contribution in [3.05, 3.63) is 57.3 Å². The van der Waals surface area contributed by atoms with Gasteiger partial charge in [0.05, 0.1) is 5.69 Å². The van der Waals surface area contributed by atoms with Gasteiger partial charge >= 0.3 is 0 Å². The molecule has 0 spiro atoms. The highest BCUT2D eigenvalue weighted by atomic mass is 32.2. The van der Waals surface area contributed by atoms with Crippen molar-refractivity contribution in [1.29, 1.82) is 0 Å². The molecule has 0 fully saturated rings. The third-order valence-corrected chi connectivity index (χ3v) is 4.59. The Kier molecular flexibility index (Phi) is 5.17.